The third kappa shape index (κ3) is 2.32. The molecule has 0 saturated carbocycles. The van der Waals surface area contributed by atoms with Crippen LogP contribution in [-0.4, -0.2) is 18.6 Å². The maximum absolute atomic E-state index is 5.68. The van der Waals surface area contributed by atoms with Crippen LogP contribution in [0.4, 0.5) is 0 Å². The van der Waals surface area contributed by atoms with Crippen LogP contribution in [0.2, 0.25) is 0 Å². The Morgan fingerprint density at radius 3 is 3.29 bits per heavy atom. The van der Waals surface area contributed by atoms with Gasteiger partial charge in [0.2, 0.25) is 0 Å². The molecule has 1 aliphatic heterocycles. The number of aromatic nitrogens is 1. The lowest BCUT2D eigenvalue weighted by atomic mass is 10.1. The first-order valence-corrected chi connectivity index (χ1v) is 5.92. The van der Waals surface area contributed by atoms with Gasteiger partial charge in [0.25, 0.3) is 0 Å². The van der Waals surface area contributed by atoms with Crippen molar-refractivity contribution in [3.05, 3.63) is 16.1 Å². The van der Waals surface area contributed by atoms with Crippen LogP contribution < -0.4 is 5.32 Å². The summed E-state index contributed by atoms with van der Waals surface area (Å²) in [6.45, 7) is 1.80. The maximum Gasteiger partial charge on any atom is 0.122 e. The van der Waals surface area contributed by atoms with E-state index in [0.29, 0.717) is 0 Å². The molecule has 78 valence electrons. The van der Waals surface area contributed by atoms with E-state index in [0.717, 1.165) is 24.6 Å². The van der Waals surface area contributed by atoms with E-state index < -0.39 is 0 Å². The number of rotatable bonds is 3. The van der Waals surface area contributed by atoms with Crippen LogP contribution in [0, 0.1) is 0 Å². The van der Waals surface area contributed by atoms with Crippen molar-refractivity contribution < 1.29 is 4.74 Å². The zero-order chi connectivity index (χ0) is 9.80. The first-order chi connectivity index (χ1) is 6.90. The third-order valence-corrected chi connectivity index (χ3v) is 3.47. The highest BCUT2D eigenvalue weighted by Gasteiger charge is 2.18. The van der Waals surface area contributed by atoms with E-state index in [1.807, 2.05) is 13.2 Å². The maximum atomic E-state index is 5.68. The van der Waals surface area contributed by atoms with E-state index in [1.54, 1.807) is 11.3 Å². The highest BCUT2D eigenvalue weighted by Crippen LogP contribution is 2.30. The molecule has 0 aromatic carbocycles. The Kier molecular flexibility index (Phi) is 3.50. The highest BCUT2D eigenvalue weighted by molar-refractivity contribution is 7.11. The molecule has 1 aromatic heterocycles. The van der Waals surface area contributed by atoms with Crippen molar-refractivity contribution in [1.29, 1.82) is 0 Å². The lowest BCUT2D eigenvalue weighted by Crippen LogP contribution is -2.10. The minimum atomic E-state index is 0.263. The Morgan fingerprint density at radius 2 is 2.57 bits per heavy atom. The van der Waals surface area contributed by atoms with Crippen molar-refractivity contribution in [2.45, 2.75) is 31.9 Å². The van der Waals surface area contributed by atoms with Crippen LogP contribution in [0.5, 0.6) is 0 Å². The summed E-state index contributed by atoms with van der Waals surface area (Å²) in [4.78, 5) is 5.70. The normalized spacial score (nSPS) is 22.5. The summed E-state index contributed by atoms with van der Waals surface area (Å²) in [7, 11) is 1.95. The van der Waals surface area contributed by atoms with Crippen molar-refractivity contribution >= 4 is 11.3 Å². The second-order valence-electron chi connectivity index (χ2n) is 3.55. The summed E-state index contributed by atoms with van der Waals surface area (Å²) < 4.78 is 5.68. The van der Waals surface area contributed by atoms with E-state index in [1.165, 1.54) is 17.7 Å². The smallest absolute Gasteiger partial charge is 0.122 e. The molecule has 0 aliphatic carbocycles. The van der Waals surface area contributed by atoms with Crippen molar-refractivity contribution in [2.24, 2.45) is 0 Å². The summed E-state index contributed by atoms with van der Waals surface area (Å²) >= 11 is 1.77. The summed E-state index contributed by atoms with van der Waals surface area (Å²) in [6, 6.07) is 0. The SMILES string of the molecule is CNCc1cnc(C2CCCCO2)s1. The number of nitrogens with one attached hydrogen (secondary N) is 1. The molecule has 0 radical (unpaired) electrons. The molecule has 1 saturated heterocycles. The number of hydrogen-bond acceptors (Lipinski definition) is 4. The van der Waals surface area contributed by atoms with E-state index in [2.05, 4.69) is 10.3 Å². The predicted octanol–water partition coefficient (Wildman–Crippen LogP) is 2.10. The molecule has 14 heavy (non-hydrogen) atoms. The fourth-order valence-electron chi connectivity index (χ4n) is 1.66. The molecule has 0 amide bonds. The second-order valence-corrected chi connectivity index (χ2v) is 4.70. The molecule has 4 heteroatoms. The number of ether oxygens (including phenoxy) is 1. The molecular formula is C10H16N2OS. The van der Waals surface area contributed by atoms with Crippen LogP contribution in [0.25, 0.3) is 0 Å². The van der Waals surface area contributed by atoms with Gasteiger partial charge in [0.05, 0.1) is 0 Å². The average molecular weight is 212 g/mol. The predicted molar refractivity (Wildman–Crippen MR) is 57.4 cm³/mol. The fourth-order valence-corrected chi connectivity index (χ4v) is 2.68. The molecule has 1 unspecified atom stereocenters. The highest BCUT2D eigenvalue weighted by atomic mass is 32.1. The zero-order valence-electron chi connectivity index (χ0n) is 8.45. The van der Waals surface area contributed by atoms with E-state index in [4.69, 9.17) is 4.74 Å². The Morgan fingerprint density at radius 1 is 1.64 bits per heavy atom. The minimum absolute atomic E-state index is 0.263. The van der Waals surface area contributed by atoms with E-state index in [-0.39, 0.29) is 6.10 Å². The molecule has 1 N–H and O–H groups in total. The van der Waals surface area contributed by atoms with Crippen LogP contribution in [0.1, 0.15) is 35.3 Å². The monoisotopic (exact) mass is 212 g/mol. The van der Waals surface area contributed by atoms with Gasteiger partial charge in [-0.25, -0.2) is 4.98 Å². The Labute approximate surface area is 88.5 Å². The largest absolute Gasteiger partial charge is 0.371 e. The molecule has 1 aliphatic rings. The van der Waals surface area contributed by atoms with Gasteiger partial charge in [0, 0.05) is 24.2 Å². The van der Waals surface area contributed by atoms with Crippen LogP contribution in [0.3, 0.4) is 0 Å². The van der Waals surface area contributed by atoms with Gasteiger partial charge in [0.1, 0.15) is 11.1 Å². The van der Waals surface area contributed by atoms with E-state index >= 15 is 0 Å². The summed E-state index contributed by atoms with van der Waals surface area (Å²) in [5, 5.41) is 4.28. The van der Waals surface area contributed by atoms with Gasteiger partial charge in [-0.15, -0.1) is 11.3 Å². The molecule has 2 heterocycles. The van der Waals surface area contributed by atoms with Gasteiger partial charge >= 0.3 is 0 Å². The molecular weight excluding hydrogens is 196 g/mol. The minimum Gasteiger partial charge on any atom is -0.371 e. The molecule has 0 bridgehead atoms. The Hall–Kier alpha value is -0.450. The molecule has 1 aromatic rings. The van der Waals surface area contributed by atoms with Crippen molar-refractivity contribution in [1.82, 2.24) is 10.3 Å². The van der Waals surface area contributed by atoms with E-state index in [9.17, 15) is 0 Å². The summed E-state index contributed by atoms with van der Waals surface area (Å²) in [5.41, 5.74) is 0. The lowest BCUT2D eigenvalue weighted by Gasteiger charge is -2.20. The van der Waals surface area contributed by atoms with Crippen molar-refractivity contribution in [3.63, 3.8) is 0 Å². The topological polar surface area (TPSA) is 34.2 Å². The molecule has 2 rings (SSSR count). The van der Waals surface area contributed by atoms with Crippen molar-refractivity contribution in [3.8, 4) is 0 Å². The van der Waals surface area contributed by atoms with Crippen LogP contribution >= 0.6 is 11.3 Å². The van der Waals surface area contributed by atoms with Gasteiger partial charge in [-0.2, -0.15) is 0 Å². The average Bonchev–Trinajstić information content (AvgIpc) is 2.68. The molecule has 3 nitrogen and oxygen atoms in total. The van der Waals surface area contributed by atoms with Crippen LogP contribution in [-0.2, 0) is 11.3 Å². The number of nitrogens with zero attached hydrogens (tertiary/aromatic N) is 1. The lowest BCUT2D eigenvalue weighted by molar-refractivity contribution is 0.0148. The van der Waals surface area contributed by atoms with Gasteiger partial charge in [-0.1, -0.05) is 0 Å². The van der Waals surface area contributed by atoms with Gasteiger partial charge in [-0.05, 0) is 26.3 Å². The van der Waals surface area contributed by atoms with Gasteiger partial charge in [-0.3, -0.25) is 0 Å². The summed E-state index contributed by atoms with van der Waals surface area (Å²) in [6.07, 6.45) is 5.82. The fraction of sp³-hybridized carbons (Fsp3) is 0.700. The zero-order valence-corrected chi connectivity index (χ0v) is 9.27. The summed E-state index contributed by atoms with van der Waals surface area (Å²) in [5.74, 6) is 0. The van der Waals surface area contributed by atoms with Crippen molar-refractivity contribution in [2.75, 3.05) is 13.7 Å². The standard InChI is InChI=1S/C10H16N2OS/c1-11-6-8-7-12-10(14-8)9-4-2-3-5-13-9/h7,9,11H,2-6H2,1H3. The van der Waals surface area contributed by atoms with Gasteiger partial charge in [0.15, 0.2) is 0 Å². The Balaban J connectivity index is 2.00. The van der Waals surface area contributed by atoms with Crippen LogP contribution in [0.15, 0.2) is 6.20 Å². The molecule has 1 fully saturated rings. The van der Waals surface area contributed by atoms with Gasteiger partial charge < -0.3 is 10.1 Å². The number of thiazole rings is 1. The third-order valence-electron chi connectivity index (χ3n) is 2.38. The second kappa shape index (κ2) is 4.87. The first kappa shape index (κ1) is 10.1. The molecule has 1 atom stereocenters. The Bertz CT molecular complexity index is 281. The molecule has 0 spiro atoms. The first-order valence-electron chi connectivity index (χ1n) is 5.11. The number of hydrogen-bond donors (Lipinski definition) is 1. The quantitative estimate of drug-likeness (QED) is 0.833.